The normalized spacial score (nSPS) is 14.0. The van der Waals surface area contributed by atoms with Crippen molar-refractivity contribution in [2.24, 2.45) is 0 Å². The van der Waals surface area contributed by atoms with Crippen LogP contribution >= 0.6 is 0 Å². The summed E-state index contributed by atoms with van der Waals surface area (Å²) < 4.78 is 21.9. The molecule has 1 aliphatic rings. The van der Waals surface area contributed by atoms with E-state index >= 15 is 0 Å². The summed E-state index contributed by atoms with van der Waals surface area (Å²) in [5.74, 6) is 0.178. The summed E-state index contributed by atoms with van der Waals surface area (Å²) in [6.45, 7) is 3.76. The van der Waals surface area contributed by atoms with Crippen LogP contribution in [-0.4, -0.2) is 46.1 Å². The number of ether oxygens (including phenoxy) is 1. The van der Waals surface area contributed by atoms with Crippen molar-refractivity contribution in [2.75, 3.05) is 25.0 Å². The molecule has 0 radical (unpaired) electrons. The van der Waals surface area contributed by atoms with Gasteiger partial charge in [0.05, 0.1) is 29.1 Å². The van der Waals surface area contributed by atoms with Crippen molar-refractivity contribution < 1.29 is 13.9 Å². The number of rotatable bonds is 7. The SMILES string of the molecule is Cc1cccc(Oc2nccc(-c3c(-c4ccc(F)cc4)ncn3C3CCNCC3)n2)c1N(C)C=O. The van der Waals surface area contributed by atoms with Crippen LogP contribution < -0.4 is 15.0 Å². The van der Waals surface area contributed by atoms with Crippen LogP contribution in [0.4, 0.5) is 10.1 Å². The minimum absolute atomic E-state index is 0.154. The van der Waals surface area contributed by atoms with E-state index in [1.165, 1.54) is 17.0 Å². The Morgan fingerprint density at radius 1 is 1.11 bits per heavy atom. The van der Waals surface area contributed by atoms with Gasteiger partial charge in [0, 0.05) is 24.8 Å². The Morgan fingerprint density at radius 2 is 1.89 bits per heavy atom. The maximum Gasteiger partial charge on any atom is 0.322 e. The fourth-order valence-corrected chi connectivity index (χ4v) is 4.63. The monoisotopic (exact) mass is 486 g/mol. The number of aryl methyl sites for hydroxylation is 1. The average Bonchev–Trinajstić information content (AvgIpc) is 3.35. The Balaban J connectivity index is 1.58. The van der Waals surface area contributed by atoms with Gasteiger partial charge in [-0.25, -0.2) is 14.4 Å². The van der Waals surface area contributed by atoms with E-state index in [2.05, 4.69) is 14.9 Å². The van der Waals surface area contributed by atoms with E-state index in [9.17, 15) is 9.18 Å². The zero-order chi connectivity index (χ0) is 25.1. The lowest BCUT2D eigenvalue weighted by molar-refractivity contribution is -0.107. The number of benzene rings is 2. The van der Waals surface area contributed by atoms with Crippen molar-refractivity contribution in [1.82, 2.24) is 24.8 Å². The lowest BCUT2D eigenvalue weighted by atomic mass is 10.0. The Kier molecular flexibility index (Phi) is 6.73. The first kappa shape index (κ1) is 23.6. The molecule has 2 aromatic heterocycles. The second-order valence-corrected chi connectivity index (χ2v) is 8.80. The van der Waals surface area contributed by atoms with Crippen LogP contribution in [-0.2, 0) is 4.79 Å². The Bertz CT molecular complexity index is 1370. The molecule has 5 rings (SSSR count). The highest BCUT2D eigenvalue weighted by Crippen LogP contribution is 2.37. The Morgan fingerprint density at radius 3 is 2.64 bits per heavy atom. The van der Waals surface area contributed by atoms with Crippen LogP contribution in [0, 0.1) is 12.7 Å². The highest BCUT2D eigenvalue weighted by Gasteiger charge is 2.24. The molecule has 1 fully saturated rings. The van der Waals surface area contributed by atoms with Gasteiger partial charge in [-0.05, 0) is 74.8 Å². The van der Waals surface area contributed by atoms with E-state index in [-0.39, 0.29) is 17.9 Å². The number of piperidine rings is 1. The van der Waals surface area contributed by atoms with E-state index in [1.54, 1.807) is 31.4 Å². The average molecular weight is 487 g/mol. The number of amides is 1. The predicted octanol–water partition coefficient (Wildman–Crippen LogP) is 4.76. The van der Waals surface area contributed by atoms with Crippen LogP contribution in [0.5, 0.6) is 11.8 Å². The highest BCUT2D eigenvalue weighted by molar-refractivity contribution is 5.80. The number of imidazole rings is 1. The molecule has 1 amide bonds. The maximum atomic E-state index is 13.6. The van der Waals surface area contributed by atoms with Gasteiger partial charge < -0.3 is 19.5 Å². The van der Waals surface area contributed by atoms with Gasteiger partial charge in [0.25, 0.3) is 0 Å². The molecular formula is C27H27FN6O2. The number of para-hydroxylation sites is 1. The van der Waals surface area contributed by atoms with E-state index in [4.69, 9.17) is 14.7 Å². The van der Waals surface area contributed by atoms with E-state index in [0.29, 0.717) is 17.1 Å². The molecule has 0 atom stereocenters. The van der Waals surface area contributed by atoms with Crippen molar-refractivity contribution in [3.8, 4) is 34.4 Å². The minimum Gasteiger partial charge on any atom is -0.422 e. The molecule has 3 heterocycles. The molecule has 0 bridgehead atoms. The third-order valence-corrected chi connectivity index (χ3v) is 6.40. The standard InChI is InChI=1S/C27H27FN6O2/c1-18-4-3-5-23(25(18)33(2)17-35)36-27-30-15-12-22(32-27)26-24(19-6-8-20(28)9-7-19)31-16-34(26)21-10-13-29-14-11-21/h3-9,12,15-17,21,29H,10-11,13-14H2,1-2H3. The number of anilines is 1. The third kappa shape index (κ3) is 4.70. The van der Waals surface area contributed by atoms with E-state index < -0.39 is 0 Å². The van der Waals surface area contributed by atoms with Crippen LogP contribution in [0.3, 0.4) is 0 Å². The number of hydrogen-bond donors (Lipinski definition) is 1. The van der Waals surface area contributed by atoms with Crippen molar-refractivity contribution in [1.29, 1.82) is 0 Å². The van der Waals surface area contributed by atoms with Gasteiger partial charge in [-0.2, -0.15) is 4.98 Å². The largest absolute Gasteiger partial charge is 0.422 e. The smallest absolute Gasteiger partial charge is 0.322 e. The van der Waals surface area contributed by atoms with Crippen LogP contribution in [0.15, 0.2) is 61.1 Å². The van der Waals surface area contributed by atoms with Gasteiger partial charge in [-0.1, -0.05) is 12.1 Å². The van der Waals surface area contributed by atoms with Crippen molar-refractivity contribution in [2.45, 2.75) is 25.8 Å². The molecule has 1 saturated heterocycles. The van der Waals surface area contributed by atoms with Crippen LogP contribution in [0.2, 0.25) is 0 Å². The van der Waals surface area contributed by atoms with Crippen molar-refractivity contribution in [3.05, 3.63) is 72.4 Å². The molecule has 0 aliphatic carbocycles. The Labute approximate surface area is 208 Å². The molecule has 1 aliphatic heterocycles. The first-order valence-electron chi connectivity index (χ1n) is 11.9. The predicted molar refractivity (Wildman–Crippen MR) is 136 cm³/mol. The molecule has 0 unspecified atom stereocenters. The summed E-state index contributed by atoms with van der Waals surface area (Å²) in [6, 6.07) is 14.1. The molecular weight excluding hydrogens is 459 g/mol. The molecule has 9 heteroatoms. The quantitative estimate of drug-likeness (QED) is 0.379. The molecule has 2 aromatic carbocycles. The molecule has 0 saturated carbocycles. The van der Waals surface area contributed by atoms with Crippen LogP contribution in [0.1, 0.15) is 24.4 Å². The summed E-state index contributed by atoms with van der Waals surface area (Å²) in [5, 5.41) is 3.40. The summed E-state index contributed by atoms with van der Waals surface area (Å²) in [5.41, 5.74) is 4.53. The van der Waals surface area contributed by atoms with Gasteiger partial charge in [-0.15, -0.1) is 0 Å². The molecule has 4 aromatic rings. The van der Waals surface area contributed by atoms with Crippen LogP contribution in [0.25, 0.3) is 22.6 Å². The zero-order valence-corrected chi connectivity index (χ0v) is 20.2. The molecule has 184 valence electrons. The lowest BCUT2D eigenvalue weighted by Crippen LogP contribution is -2.29. The zero-order valence-electron chi connectivity index (χ0n) is 20.2. The number of aromatic nitrogens is 4. The van der Waals surface area contributed by atoms with Gasteiger partial charge in [0.15, 0.2) is 5.75 Å². The third-order valence-electron chi connectivity index (χ3n) is 6.40. The fraction of sp³-hybridized carbons (Fsp3) is 0.259. The number of carbonyl (C=O) groups is 1. The van der Waals surface area contributed by atoms with Gasteiger partial charge in [0.2, 0.25) is 6.41 Å². The van der Waals surface area contributed by atoms with Gasteiger partial charge in [-0.3, -0.25) is 4.79 Å². The number of halogens is 1. The minimum atomic E-state index is -0.301. The summed E-state index contributed by atoms with van der Waals surface area (Å²) >= 11 is 0. The second kappa shape index (κ2) is 10.2. The Hall–Kier alpha value is -4.11. The number of nitrogens with zero attached hydrogens (tertiary/aromatic N) is 5. The summed E-state index contributed by atoms with van der Waals surface area (Å²) in [4.78, 5) is 26.7. The first-order valence-corrected chi connectivity index (χ1v) is 11.9. The number of carbonyl (C=O) groups excluding carboxylic acids is 1. The maximum absolute atomic E-state index is 13.6. The van der Waals surface area contributed by atoms with Gasteiger partial charge in [0.1, 0.15) is 5.82 Å². The van der Waals surface area contributed by atoms with Gasteiger partial charge >= 0.3 is 6.01 Å². The molecule has 1 N–H and O–H groups in total. The summed E-state index contributed by atoms with van der Waals surface area (Å²) in [7, 11) is 1.67. The second-order valence-electron chi connectivity index (χ2n) is 8.80. The molecule has 0 spiro atoms. The molecule has 36 heavy (non-hydrogen) atoms. The molecule has 8 nitrogen and oxygen atoms in total. The highest BCUT2D eigenvalue weighted by atomic mass is 19.1. The van der Waals surface area contributed by atoms with Crippen molar-refractivity contribution in [3.63, 3.8) is 0 Å². The number of nitrogens with one attached hydrogen (secondary N) is 1. The van der Waals surface area contributed by atoms with E-state index in [0.717, 1.165) is 54.9 Å². The first-order chi connectivity index (χ1) is 17.5. The topological polar surface area (TPSA) is 85.2 Å². The van der Waals surface area contributed by atoms with E-state index in [1.807, 2.05) is 31.5 Å². The number of hydrogen-bond acceptors (Lipinski definition) is 6. The fourth-order valence-electron chi connectivity index (χ4n) is 4.63. The lowest BCUT2D eigenvalue weighted by Gasteiger charge is -2.25. The summed E-state index contributed by atoms with van der Waals surface area (Å²) in [6.07, 6.45) is 6.14. The van der Waals surface area contributed by atoms with Crippen molar-refractivity contribution >= 4 is 12.1 Å².